The Kier molecular flexibility index (Phi) is 9.44. The van der Waals surface area contributed by atoms with Crippen LogP contribution in [0.2, 0.25) is 0 Å². The van der Waals surface area contributed by atoms with E-state index in [1.54, 1.807) is 6.08 Å². The van der Waals surface area contributed by atoms with Crippen molar-refractivity contribution in [2.75, 3.05) is 6.61 Å². The first-order chi connectivity index (χ1) is 17.3. The predicted molar refractivity (Wildman–Crippen MR) is 135 cm³/mol. The van der Waals surface area contributed by atoms with Gasteiger partial charge in [0.1, 0.15) is 30.5 Å². The van der Waals surface area contributed by atoms with Gasteiger partial charge < -0.3 is 24.1 Å². The zero-order valence-corrected chi connectivity index (χ0v) is 19.7. The van der Waals surface area contributed by atoms with Crippen molar-refractivity contribution in [3.63, 3.8) is 0 Å². The molecular formula is C30H32O5. The van der Waals surface area contributed by atoms with Gasteiger partial charge in [-0.25, -0.2) is 0 Å². The maximum absolute atomic E-state index is 10.2. The Balaban J connectivity index is 1.59. The highest BCUT2D eigenvalue weighted by Crippen LogP contribution is 2.31. The maximum Gasteiger partial charge on any atom is 0.117 e. The lowest BCUT2D eigenvalue weighted by Gasteiger charge is -2.45. The van der Waals surface area contributed by atoms with Crippen molar-refractivity contribution < 1.29 is 24.1 Å². The van der Waals surface area contributed by atoms with Crippen molar-refractivity contribution in [3.05, 3.63) is 126 Å². The van der Waals surface area contributed by atoms with Gasteiger partial charge in [0.25, 0.3) is 0 Å². The Labute approximate surface area is 207 Å². The average molecular weight is 473 g/mol. The molecule has 3 aromatic carbocycles. The topological polar surface area (TPSA) is 57.2 Å². The second-order valence-electron chi connectivity index (χ2n) is 8.48. The molecule has 1 saturated heterocycles. The molecule has 0 bridgehead atoms. The molecule has 5 atom stereocenters. The zero-order chi connectivity index (χ0) is 24.3. The molecule has 4 rings (SSSR count). The van der Waals surface area contributed by atoms with Crippen LogP contribution in [0.1, 0.15) is 16.7 Å². The van der Waals surface area contributed by atoms with E-state index in [4.69, 9.17) is 18.9 Å². The number of hydrogen-bond acceptors (Lipinski definition) is 5. The van der Waals surface area contributed by atoms with Crippen molar-refractivity contribution >= 4 is 0 Å². The lowest BCUT2D eigenvalue weighted by atomic mass is 9.94. The molecule has 1 aliphatic rings. The predicted octanol–water partition coefficient (Wildman–Crippen LogP) is 4.84. The fourth-order valence-electron chi connectivity index (χ4n) is 4.22. The molecule has 5 heteroatoms. The van der Waals surface area contributed by atoms with Gasteiger partial charge in [-0.1, -0.05) is 97.6 Å². The summed E-state index contributed by atoms with van der Waals surface area (Å²) in [6.07, 6.45) is -0.889. The van der Waals surface area contributed by atoms with Crippen LogP contribution in [-0.2, 0) is 38.8 Å². The molecule has 1 fully saturated rings. The number of aliphatic hydroxyl groups is 1. The van der Waals surface area contributed by atoms with Crippen LogP contribution in [0.3, 0.4) is 0 Å². The molecule has 1 heterocycles. The van der Waals surface area contributed by atoms with Crippen LogP contribution >= 0.6 is 0 Å². The monoisotopic (exact) mass is 472 g/mol. The van der Waals surface area contributed by atoms with Gasteiger partial charge in [0.05, 0.1) is 26.4 Å². The van der Waals surface area contributed by atoms with E-state index in [1.165, 1.54) is 0 Å². The number of benzene rings is 3. The minimum Gasteiger partial charge on any atom is -0.394 e. The molecule has 0 aromatic heterocycles. The third kappa shape index (κ3) is 7.00. The first kappa shape index (κ1) is 25.1. The molecule has 182 valence electrons. The molecule has 35 heavy (non-hydrogen) atoms. The first-order valence-corrected chi connectivity index (χ1v) is 11.9. The van der Waals surface area contributed by atoms with Crippen LogP contribution in [0.25, 0.3) is 0 Å². The average Bonchev–Trinajstić information content (AvgIpc) is 2.92. The van der Waals surface area contributed by atoms with E-state index in [9.17, 15) is 5.11 Å². The summed E-state index contributed by atoms with van der Waals surface area (Å²) in [6.45, 7) is 4.64. The highest BCUT2D eigenvalue weighted by Gasteiger charge is 2.47. The molecule has 0 unspecified atom stereocenters. The van der Waals surface area contributed by atoms with Gasteiger partial charge in [-0.3, -0.25) is 0 Å². The summed E-state index contributed by atoms with van der Waals surface area (Å²) in [7, 11) is 0. The van der Waals surface area contributed by atoms with Gasteiger partial charge in [-0.2, -0.15) is 0 Å². The van der Waals surface area contributed by atoms with Crippen LogP contribution in [0.15, 0.2) is 109 Å². The quantitative estimate of drug-likeness (QED) is 0.405. The third-order valence-corrected chi connectivity index (χ3v) is 5.99. The Morgan fingerprint density at radius 1 is 0.686 bits per heavy atom. The lowest BCUT2D eigenvalue weighted by Crippen LogP contribution is -2.60. The van der Waals surface area contributed by atoms with Gasteiger partial charge in [0.2, 0.25) is 0 Å². The van der Waals surface area contributed by atoms with Crippen LogP contribution < -0.4 is 0 Å². The fourth-order valence-corrected chi connectivity index (χ4v) is 4.22. The largest absolute Gasteiger partial charge is 0.394 e. The molecule has 0 spiro atoms. The molecule has 0 saturated carbocycles. The van der Waals surface area contributed by atoms with Crippen LogP contribution in [0, 0.1) is 0 Å². The summed E-state index contributed by atoms with van der Waals surface area (Å²) in [5.41, 5.74) is 5.93. The van der Waals surface area contributed by atoms with E-state index >= 15 is 0 Å². The second kappa shape index (κ2) is 13.2. The minimum atomic E-state index is -0.592. The molecule has 3 aromatic rings. The summed E-state index contributed by atoms with van der Waals surface area (Å²) < 4.78 is 25.4. The SMILES string of the molecule is C=C=C[C@@H]1O[C@@H](CO)[C@@H](OCc2ccccc2)[C@@H](OCc2ccccc2)[C@@H]1OCc1ccccc1. The van der Waals surface area contributed by atoms with E-state index in [1.807, 2.05) is 91.0 Å². The Bertz CT molecular complexity index is 1050. The normalized spacial score (nSPS) is 24.0. The zero-order valence-electron chi connectivity index (χ0n) is 19.7. The Hall–Kier alpha value is -3.02. The van der Waals surface area contributed by atoms with E-state index in [-0.39, 0.29) is 6.61 Å². The summed E-state index contributed by atoms with van der Waals surface area (Å²) in [4.78, 5) is 0. The van der Waals surface area contributed by atoms with Gasteiger partial charge in [-0.15, -0.1) is 5.73 Å². The summed E-state index contributed by atoms with van der Waals surface area (Å²) in [5.74, 6) is 0. The Morgan fingerprint density at radius 2 is 1.11 bits per heavy atom. The molecular weight excluding hydrogens is 440 g/mol. The number of rotatable bonds is 11. The molecule has 0 amide bonds. The fraction of sp³-hybridized carbons (Fsp3) is 0.300. The first-order valence-electron chi connectivity index (χ1n) is 11.9. The van der Waals surface area contributed by atoms with Crippen molar-refractivity contribution in [1.29, 1.82) is 0 Å². The number of ether oxygens (including phenoxy) is 4. The summed E-state index contributed by atoms with van der Waals surface area (Å²) in [6, 6.07) is 29.9. The van der Waals surface area contributed by atoms with Crippen LogP contribution in [-0.4, -0.2) is 42.2 Å². The molecule has 0 radical (unpaired) electrons. The highest BCUT2D eigenvalue weighted by molar-refractivity contribution is 5.16. The third-order valence-electron chi connectivity index (χ3n) is 5.99. The number of aliphatic hydroxyl groups excluding tert-OH is 1. The number of hydrogen-bond donors (Lipinski definition) is 1. The van der Waals surface area contributed by atoms with Crippen molar-refractivity contribution in [1.82, 2.24) is 0 Å². The summed E-state index contributed by atoms with van der Waals surface area (Å²) >= 11 is 0. The van der Waals surface area contributed by atoms with Gasteiger partial charge in [-0.05, 0) is 22.8 Å². The van der Waals surface area contributed by atoms with E-state index in [2.05, 4.69) is 12.3 Å². The van der Waals surface area contributed by atoms with Crippen LogP contribution in [0.5, 0.6) is 0 Å². The van der Waals surface area contributed by atoms with Crippen molar-refractivity contribution in [2.45, 2.75) is 50.3 Å². The van der Waals surface area contributed by atoms with Gasteiger partial charge >= 0.3 is 0 Å². The van der Waals surface area contributed by atoms with E-state index in [0.29, 0.717) is 19.8 Å². The summed E-state index contributed by atoms with van der Waals surface area (Å²) in [5, 5.41) is 10.2. The van der Waals surface area contributed by atoms with Crippen molar-refractivity contribution in [3.8, 4) is 0 Å². The second-order valence-corrected chi connectivity index (χ2v) is 8.48. The van der Waals surface area contributed by atoms with Gasteiger partial charge in [0, 0.05) is 0 Å². The lowest BCUT2D eigenvalue weighted by molar-refractivity contribution is -0.260. The molecule has 1 aliphatic heterocycles. The molecule has 1 N–H and O–H groups in total. The van der Waals surface area contributed by atoms with Crippen LogP contribution in [0.4, 0.5) is 0 Å². The van der Waals surface area contributed by atoms with E-state index in [0.717, 1.165) is 16.7 Å². The minimum absolute atomic E-state index is 0.211. The smallest absolute Gasteiger partial charge is 0.117 e. The van der Waals surface area contributed by atoms with Crippen molar-refractivity contribution in [2.24, 2.45) is 0 Å². The standard InChI is InChI=1S/C30H32O5/c1-2-12-26-28(32-20-23-13-6-3-7-14-23)30(34-22-25-17-10-5-11-18-25)29(27(19-31)35-26)33-21-24-15-8-4-9-16-24/h3-18,26-31H,1,19-22H2/t26-,27-,28+,29+,30-/m0/s1. The molecule has 5 nitrogen and oxygen atoms in total. The molecule has 0 aliphatic carbocycles. The van der Waals surface area contributed by atoms with E-state index < -0.39 is 30.5 Å². The highest BCUT2D eigenvalue weighted by atomic mass is 16.6. The Morgan fingerprint density at radius 3 is 1.54 bits per heavy atom. The van der Waals surface area contributed by atoms with Gasteiger partial charge in [0.15, 0.2) is 0 Å². The maximum atomic E-state index is 10.2.